The maximum absolute atomic E-state index is 12.6. The average molecular weight is 538 g/mol. The van der Waals surface area contributed by atoms with Crippen molar-refractivity contribution >= 4 is 52.5 Å². The van der Waals surface area contributed by atoms with Crippen molar-refractivity contribution in [1.82, 2.24) is 0 Å². The highest BCUT2D eigenvalue weighted by atomic mass is 35.5. The predicted octanol–water partition coefficient (Wildman–Crippen LogP) is 6.57. The van der Waals surface area contributed by atoms with E-state index in [1.165, 1.54) is 12.1 Å². The highest BCUT2D eigenvalue weighted by Gasteiger charge is 2.17. The minimum absolute atomic E-state index is 0.153. The van der Waals surface area contributed by atoms with Crippen molar-refractivity contribution in [3.8, 4) is 17.6 Å². The van der Waals surface area contributed by atoms with Gasteiger partial charge in [0.2, 0.25) is 0 Å². The monoisotopic (exact) mass is 537 g/mol. The molecule has 0 unspecified atom stereocenters. The second-order valence-corrected chi connectivity index (χ2v) is 8.77. The normalized spacial score (nSPS) is 10.9. The van der Waals surface area contributed by atoms with Gasteiger partial charge in [-0.25, -0.2) is 0 Å². The number of nitrogens with zero attached hydrogens (tertiary/aromatic N) is 1. The molecule has 0 saturated carbocycles. The van der Waals surface area contributed by atoms with Crippen LogP contribution in [0.25, 0.3) is 6.08 Å². The molecule has 0 radical (unpaired) electrons. The highest BCUT2D eigenvalue weighted by Crippen LogP contribution is 2.37. The Morgan fingerprint density at radius 3 is 2.41 bits per heavy atom. The quantitative estimate of drug-likeness (QED) is 0.237. The lowest BCUT2D eigenvalue weighted by Crippen LogP contribution is -2.21. The molecule has 3 rings (SSSR count). The van der Waals surface area contributed by atoms with Gasteiger partial charge in [-0.2, -0.15) is 5.26 Å². The summed E-state index contributed by atoms with van der Waals surface area (Å²) in [5.41, 5.74) is 3.37. The van der Waals surface area contributed by atoms with Crippen molar-refractivity contribution < 1.29 is 19.1 Å². The van der Waals surface area contributed by atoms with Crippen molar-refractivity contribution in [1.29, 1.82) is 5.26 Å². The number of anilines is 2. The first kappa shape index (κ1) is 27.6. The topological polar surface area (TPSA) is 100 Å². The summed E-state index contributed by atoms with van der Waals surface area (Å²) < 4.78 is 11.4. The molecule has 0 saturated heterocycles. The first-order chi connectivity index (χ1) is 17.7. The van der Waals surface area contributed by atoms with Crippen LogP contribution in [0.5, 0.6) is 11.5 Å². The van der Waals surface area contributed by atoms with Gasteiger partial charge >= 0.3 is 0 Å². The maximum atomic E-state index is 12.6. The summed E-state index contributed by atoms with van der Waals surface area (Å²) in [5.74, 6) is -0.548. The molecule has 0 aromatic heterocycles. The third kappa shape index (κ3) is 7.26. The van der Waals surface area contributed by atoms with Gasteiger partial charge < -0.3 is 20.1 Å². The summed E-state index contributed by atoms with van der Waals surface area (Å²) >= 11 is 12.5. The Kier molecular flexibility index (Phi) is 9.56. The van der Waals surface area contributed by atoms with Crippen LogP contribution < -0.4 is 20.1 Å². The fraction of sp³-hybridized carbons (Fsp3) is 0.179. The number of ether oxygens (including phenoxy) is 2. The zero-order chi connectivity index (χ0) is 26.9. The number of para-hydroxylation sites is 1. The molecule has 7 nitrogen and oxygen atoms in total. The van der Waals surface area contributed by atoms with Gasteiger partial charge in [0.1, 0.15) is 11.6 Å². The summed E-state index contributed by atoms with van der Waals surface area (Å²) in [7, 11) is 0. The lowest BCUT2D eigenvalue weighted by molar-refractivity contribution is -0.118. The Balaban J connectivity index is 1.79. The third-order valence-corrected chi connectivity index (χ3v) is 5.97. The summed E-state index contributed by atoms with van der Waals surface area (Å²) in [4.78, 5) is 25.2. The van der Waals surface area contributed by atoms with E-state index in [4.69, 9.17) is 32.7 Å². The van der Waals surface area contributed by atoms with E-state index in [1.807, 2.05) is 38.1 Å². The van der Waals surface area contributed by atoms with Crippen molar-refractivity contribution in [2.45, 2.75) is 20.8 Å². The van der Waals surface area contributed by atoms with Crippen LogP contribution in [0, 0.1) is 25.2 Å². The number of nitrogens with one attached hydrogen (secondary N) is 2. The molecule has 190 valence electrons. The van der Waals surface area contributed by atoms with Gasteiger partial charge in [0, 0.05) is 5.69 Å². The Labute approximate surface area is 225 Å². The van der Waals surface area contributed by atoms with Crippen LogP contribution in [0.15, 0.2) is 60.2 Å². The summed E-state index contributed by atoms with van der Waals surface area (Å²) in [6, 6.07) is 17.3. The largest absolute Gasteiger partial charge is 0.490 e. The van der Waals surface area contributed by atoms with Crippen molar-refractivity contribution in [3.05, 3.63) is 86.9 Å². The van der Waals surface area contributed by atoms with Crippen LogP contribution in [0.3, 0.4) is 0 Å². The molecule has 37 heavy (non-hydrogen) atoms. The van der Waals surface area contributed by atoms with Crippen LogP contribution in [-0.4, -0.2) is 25.0 Å². The van der Waals surface area contributed by atoms with E-state index in [0.717, 1.165) is 11.1 Å². The molecule has 9 heteroatoms. The van der Waals surface area contributed by atoms with Crippen molar-refractivity contribution in [3.63, 3.8) is 0 Å². The third-order valence-electron chi connectivity index (χ3n) is 5.36. The SMILES string of the molecule is CCOc1cc(/C=C(\C#N)C(=O)Nc2ccccc2Cl)cc(Cl)c1OCC(=O)Nc1cccc(C)c1C. The second kappa shape index (κ2) is 12.8. The number of hydrogen-bond donors (Lipinski definition) is 2. The molecule has 3 aromatic rings. The van der Waals surface area contributed by atoms with E-state index in [-0.39, 0.29) is 34.6 Å². The number of amides is 2. The van der Waals surface area contributed by atoms with Gasteiger partial charge in [-0.1, -0.05) is 47.5 Å². The maximum Gasteiger partial charge on any atom is 0.266 e. The van der Waals surface area contributed by atoms with Crippen molar-refractivity contribution in [2.24, 2.45) is 0 Å². The number of aryl methyl sites for hydroxylation is 1. The number of benzene rings is 3. The summed E-state index contributed by atoms with van der Waals surface area (Å²) in [6.45, 7) is 5.67. The molecule has 0 aliphatic carbocycles. The average Bonchev–Trinajstić information content (AvgIpc) is 2.86. The minimum atomic E-state index is -0.631. The van der Waals surface area contributed by atoms with Crippen LogP contribution >= 0.6 is 23.2 Å². The molecule has 0 fully saturated rings. The van der Waals surface area contributed by atoms with E-state index in [2.05, 4.69) is 10.6 Å². The predicted molar refractivity (Wildman–Crippen MR) is 146 cm³/mol. The van der Waals surface area contributed by atoms with Crippen LogP contribution in [0.4, 0.5) is 11.4 Å². The van der Waals surface area contributed by atoms with Gasteiger partial charge in [-0.15, -0.1) is 0 Å². The molecule has 2 N–H and O–H groups in total. The van der Waals surface area contributed by atoms with E-state index in [0.29, 0.717) is 28.6 Å². The zero-order valence-electron chi connectivity index (χ0n) is 20.5. The molecular weight excluding hydrogens is 513 g/mol. The van der Waals surface area contributed by atoms with Gasteiger partial charge in [0.05, 0.1) is 22.3 Å². The smallest absolute Gasteiger partial charge is 0.266 e. The second-order valence-electron chi connectivity index (χ2n) is 7.95. The standard InChI is InChI=1S/C28H25Cl2N3O4/c1-4-36-25-14-19(12-20(15-31)28(35)33-24-10-6-5-9-21(24)29)13-22(30)27(25)37-16-26(34)32-23-11-7-8-17(2)18(23)3/h5-14H,4,16H2,1-3H3,(H,32,34)(H,33,35)/b20-12+. The van der Waals surface area contributed by atoms with Gasteiger partial charge in [-0.3, -0.25) is 9.59 Å². The molecule has 0 heterocycles. The first-order valence-electron chi connectivity index (χ1n) is 11.4. The van der Waals surface area contributed by atoms with E-state index in [1.54, 1.807) is 37.3 Å². The fourth-order valence-corrected chi connectivity index (χ4v) is 3.81. The molecule has 0 spiro atoms. The highest BCUT2D eigenvalue weighted by molar-refractivity contribution is 6.34. The number of nitriles is 1. The van der Waals surface area contributed by atoms with E-state index < -0.39 is 5.91 Å². The van der Waals surface area contributed by atoms with Gasteiger partial charge in [-0.05, 0) is 73.9 Å². The van der Waals surface area contributed by atoms with Gasteiger partial charge in [0.15, 0.2) is 18.1 Å². The van der Waals surface area contributed by atoms with E-state index >= 15 is 0 Å². The molecule has 0 bridgehead atoms. The number of hydrogen-bond acceptors (Lipinski definition) is 5. The first-order valence-corrected chi connectivity index (χ1v) is 12.1. The fourth-order valence-electron chi connectivity index (χ4n) is 3.35. The number of carbonyl (C=O) groups excluding carboxylic acids is 2. The summed E-state index contributed by atoms with van der Waals surface area (Å²) in [5, 5.41) is 15.5. The Hall–Kier alpha value is -3.99. The molecule has 0 aliphatic heterocycles. The Morgan fingerprint density at radius 2 is 1.70 bits per heavy atom. The lowest BCUT2D eigenvalue weighted by atomic mass is 10.1. The number of rotatable bonds is 9. The summed E-state index contributed by atoms with van der Waals surface area (Å²) in [6.07, 6.45) is 1.37. The molecule has 3 aromatic carbocycles. The van der Waals surface area contributed by atoms with Crippen LogP contribution in [0.2, 0.25) is 10.0 Å². The zero-order valence-corrected chi connectivity index (χ0v) is 22.0. The molecule has 0 atom stereocenters. The lowest BCUT2D eigenvalue weighted by Gasteiger charge is -2.15. The minimum Gasteiger partial charge on any atom is -0.490 e. The van der Waals surface area contributed by atoms with Crippen LogP contribution in [-0.2, 0) is 9.59 Å². The Morgan fingerprint density at radius 1 is 0.973 bits per heavy atom. The Bertz CT molecular complexity index is 1400. The molecular formula is C28H25Cl2N3O4. The van der Waals surface area contributed by atoms with Crippen LogP contribution in [0.1, 0.15) is 23.6 Å². The number of halogens is 2. The van der Waals surface area contributed by atoms with E-state index in [9.17, 15) is 14.9 Å². The van der Waals surface area contributed by atoms with Crippen molar-refractivity contribution in [2.75, 3.05) is 23.8 Å². The molecule has 2 amide bonds. The van der Waals surface area contributed by atoms with Gasteiger partial charge in [0.25, 0.3) is 11.8 Å². The number of carbonyl (C=O) groups is 2. The molecule has 0 aliphatic rings.